The van der Waals surface area contributed by atoms with Crippen LogP contribution in [0, 0.1) is 29.3 Å². The van der Waals surface area contributed by atoms with Gasteiger partial charge in [-0.15, -0.1) is 0 Å². The van der Waals surface area contributed by atoms with Crippen molar-refractivity contribution < 1.29 is 36.6 Å². The van der Waals surface area contributed by atoms with Crippen molar-refractivity contribution in [2.45, 2.75) is 41.4 Å². The number of rotatable bonds is 5. The van der Waals surface area contributed by atoms with Crippen LogP contribution < -0.4 is 5.32 Å². The zero-order chi connectivity index (χ0) is 24.1. The number of fused-ring (bicyclic) bond motifs is 2. The summed E-state index contributed by atoms with van der Waals surface area (Å²) < 4.78 is 67.1. The third kappa shape index (κ3) is 4.37. The summed E-state index contributed by atoms with van der Waals surface area (Å²) in [6.45, 7) is -0.451. The molecule has 0 saturated heterocycles. The summed E-state index contributed by atoms with van der Waals surface area (Å²) >= 11 is 6.18. The van der Waals surface area contributed by atoms with Gasteiger partial charge in [-0.25, -0.2) is 21.6 Å². The standard InChI is InChI=1S/C22H21ClF3NO5S/c23-15-4-3-11(21(29)27-14-6-16(24)19(26)17(25)7-14)5-18(15)33(31,32)20-12-1-2-13(20)9-22(30,8-12)10-28/h3-7,12-13,20,28,30H,1-2,8-10H2,(H,27,29)/t12?,13?,20-,22+. The summed E-state index contributed by atoms with van der Waals surface area (Å²) in [5.41, 5.74) is -1.79. The van der Waals surface area contributed by atoms with Crippen molar-refractivity contribution >= 4 is 33.0 Å². The Balaban J connectivity index is 1.63. The fourth-order valence-electron chi connectivity index (χ4n) is 5.11. The number of hydrogen-bond donors (Lipinski definition) is 3. The van der Waals surface area contributed by atoms with Gasteiger partial charge in [0.2, 0.25) is 0 Å². The molecule has 0 aliphatic heterocycles. The lowest BCUT2D eigenvalue weighted by atomic mass is 9.77. The van der Waals surface area contributed by atoms with Crippen LogP contribution in [0.1, 0.15) is 36.0 Å². The van der Waals surface area contributed by atoms with E-state index in [-0.39, 0.29) is 45.8 Å². The van der Waals surface area contributed by atoms with E-state index in [1.54, 1.807) is 0 Å². The van der Waals surface area contributed by atoms with Gasteiger partial charge in [-0.3, -0.25) is 4.79 Å². The molecule has 11 heteroatoms. The molecular weight excluding hydrogens is 483 g/mol. The Morgan fingerprint density at radius 1 is 1.09 bits per heavy atom. The van der Waals surface area contributed by atoms with Crippen LogP contribution in [-0.4, -0.2) is 42.0 Å². The summed E-state index contributed by atoms with van der Waals surface area (Å²) in [6, 6.07) is 4.80. The van der Waals surface area contributed by atoms with Gasteiger partial charge in [0.1, 0.15) is 0 Å². The van der Waals surface area contributed by atoms with E-state index in [0.29, 0.717) is 25.0 Å². The summed E-state index contributed by atoms with van der Waals surface area (Å²) in [7, 11) is -4.01. The Labute approximate surface area is 193 Å². The average Bonchev–Trinajstić information content (AvgIpc) is 3.05. The van der Waals surface area contributed by atoms with Gasteiger partial charge in [0.15, 0.2) is 27.3 Å². The Morgan fingerprint density at radius 3 is 2.21 bits per heavy atom. The van der Waals surface area contributed by atoms with Gasteiger partial charge in [0.05, 0.1) is 27.4 Å². The third-order valence-electron chi connectivity index (χ3n) is 6.52. The van der Waals surface area contributed by atoms with E-state index in [1.807, 2.05) is 0 Å². The van der Waals surface area contributed by atoms with Gasteiger partial charge in [-0.1, -0.05) is 11.6 Å². The van der Waals surface area contributed by atoms with Crippen molar-refractivity contribution in [3.8, 4) is 0 Å². The largest absolute Gasteiger partial charge is 0.393 e. The smallest absolute Gasteiger partial charge is 0.255 e. The van der Waals surface area contributed by atoms with Crippen molar-refractivity contribution in [2.75, 3.05) is 11.9 Å². The van der Waals surface area contributed by atoms with Crippen LogP contribution in [-0.2, 0) is 9.84 Å². The molecule has 2 unspecified atom stereocenters. The summed E-state index contributed by atoms with van der Waals surface area (Å²) in [4.78, 5) is 12.3. The molecule has 3 N–H and O–H groups in total. The number of anilines is 1. The van der Waals surface area contributed by atoms with E-state index in [9.17, 15) is 36.6 Å². The molecule has 178 valence electrons. The second kappa shape index (κ2) is 8.57. The second-order valence-corrected chi connectivity index (χ2v) is 11.2. The number of aliphatic hydroxyl groups excluding tert-OH is 1. The molecule has 2 aliphatic rings. The maximum absolute atomic E-state index is 13.5. The lowest BCUT2D eigenvalue weighted by Gasteiger charge is -2.39. The predicted octanol–water partition coefficient (Wildman–Crippen LogP) is 3.70. The Morgan fingerprint density at radius 2 is 1.67 bits per heavy atom. The normalized spacial score (nSPS) is 26.9. The van der Waals surface area contributed by atoms with E-state index in [1.165, 1.54) is 12.1 Å². The quantitative estimate of drug-likeness (QED) is 0.540. The highest BCUT2D eigenvalue weighted by atomic mass is 35.5. The van der Waals surface area contributed by atoms with Gasteiger partial charge in [0.25, 0.3) is 5.91 Å². The van der Waals surface area contributed by atoms with Crippen LogP contribution in [0.4, 0.5) is 18.9 Å². The van der Waals surface area contributed by atoms with Crippen LogP contribution in [0.25, 0.3) is 0 Å². The number of hydrogen-bond acceptors (Lipinski definition) is 5. The van der Waals surface area contributed by atoms with Gasteiger partial charge >= 0.3 is 0 Å². The molecule has 0 spiro atoms. The van der Waals surface area contributed by atoms with E-state index >= 15 is 0 Å². The summed E-state index contributed by atoms with van der Waals surface area (Å²) in [5, 5.41) is 21.3. The molecule has 0 aromatic heterocycles. The minimum atomic E-state index is -4.01. The molecule has 2 fully saturated rings. The highest BCUT2D eigenvalue weighted by Gasteiger charge is 2.54. The molecule has 2 atom stereocenters. The average molecular weight is 504 g/mol. The zero-order valence-electron chi connectivity index (χ0n) is 17.2. The Hall–Kier alpha value is -2.14. The number of aliphatic hydroxyl groups is 2. The monoisotopic (exact) mass is 503 g/mol. The third-order valence-corrected chi connectivity index (χ3v) is 9.39. The molecule has 2 saturated carbocycles. The van der Waals surface area contributed by atoms with Gasteiger partial charge in [-0.2, -0.15) is 0 Å². The van der Waals surface area contributed by atoms with E-state index < -0.39 is 50.7 Å². The first kappa shape index (κ1) is 24.0. The van der Waals surface area contributed by atoms with Crippen molar-refractivity contribution in [1.29, 1.82) is 0 Å². The lowest BCUT2D eigenvalue weighted by Crippen LogP contribution is -2.48. The lowest BCUT2D eigenvalue weighted by molar-refractivity contribution is -0.0597. The van der Waals surface area contributed by atoms with Crippen LogP contribution in [0.3, 0.4) is 0 Å². The summed E-state index contributed by atoms with van der Waals surface area (Å²) in [6.07, 6.45) is 1.44. The molecule has 33 heavy (non-hydrogen) atoms. The SMILES string of the molecule is O=C(Nc1cc(F)c(F)c(F)c1)c1ccc(Cl)c(S(=O)(=O)[C@H]2C3CCC2C[C@@](O)(CO)C3)c1. The van der Waals surface area contributed by atoms with Gasteiger partial charge in [0, 0.05) is 23.4 Å². The molecule has 1 amide bonds. The highest BCUT2D eigenvalue weighted by Crippen LogP contribution is 2.51. The molecule has 2 aliphatic carbocycles. The van der Waals surface area contributed by atoms with Crippen LogP contribution in [0.2, 0.25) is 5.02 Å². The number of benzene rings is 2. The van der Waals surface area contributed by atoms with Crippen LogP contribution in [0.5, 0.6) is 0 Å². The fraction of sp³-hybridized carbons (Fsp3) is 0.409. The maximum Gasteiger partial charge on any atom is 0.255 e. The molecule has 6 nitrogen and oxygen atoms in total. The molecule has 0 heterocycles. The predicted molar refractivity (Wildman–Crippen MR) is 114 cm³/mol. The number of nitrogens with one attached hydrogen (secondary N) is 1. The van der Waals surface area contributed by atoms with Crippen molar-refractivity contribution in [1.82, 2.24) is 0 Å². The molecule has 0 radical (unpaired) electrons. The van der Waals surface area contributed by atoms with E-state index in [2.05, 4.69) is 5.32 Å². The summed E-state index contributed by atoms with van der Waals surface area (Å²) in [5.74, 6) is -6.26. The number of amides is 1. The minimum absolute atomic E-state index is 0.0900. The van der Waals surface area contributed by atoms with E-state index in [4.69, 9.17) is 11.6 Å². The first-order valence-corrected chi connectivity index (χ1v) is 12.2. The number of carbonyl (C=O) groups excluding carboxylic acids is 1. The Kier molecular flexibility index (Phi) is 6.24. The van der Waals surface area contributed by atoms with Gasteiger partial charge < -0.3 is 15.5 Å². The van der Waals surface area contributed by atoms with Crippen molar-refractivity contribution in [3.63, 3.8) is 0 Å². The highest BCUT2D eigenvalue weighted by molar-refractivity contribution is 7.92. The topological polar surface area (TPSA) is 104 Å². The van der Waals surface area contributed by atoms with Crippen LogP contribution in [0.15, 0.2) is 35.2 Å². The molecule has 2 bridgehead atoms. The zero-order valence-corrected chi connectivity index (χ0v) is 18.8. The number of sulfone groups is 1. The maximum atomic E-state index is 13.5. The molecule has 2 aromatic carbocycles. The molecule has 4 rings (SSSR count). The first-order valence-electron chi connectivity index (χ1n) is 10.3. The Bertz CT molecular complexity index is 1190. The van der Waals surface area contributed by atoms with Crippen molar-refractivity contribution in [2.24, 2.45) is 11.8 Å². The molecule has 2 aromatic rings. The number of carbonyl (C=O) groups is 1. The van der Waals surface area contributed by atoms with Crippen LogP contribution >= 0.6 is 11.6 Å². The number of halogens is 4. The fourth-order valence-corrected chi connectivity index (χ4v) is 7.96. The second-order valence-electron chi connectivity index (χ2n) is 8.75. The molecular formula is C22H21ClF3NO5S. The van der Waals surface area contributed by atoms with Gasteiger partial charge in [-0.05, 0) is 55.7 Å². The minimum Gasteiger partial charge on any atom is -0.393 e. The van der Waals surface area contributed by atoms with Crippen molar-refractivity contribution in [3.05, 3.63) is 58.4 Å². The van der Waals surface area contributed by atoms with E-state index in [0.717, 1.165) is 6.07 Å². The first-order chi connectivity index (χ1) is 15.4.